The number of pyridine rings is 1. The predicted octanol–water partition coefficient (Wildman–Crippen LogP) is 5.50. The molecular formula is C29H31N3O3S. The van der Waals surface area contributed by atoms with Crippen molar-refractivity contribution in [2.45, 2.75) is 56.6 Å². The highest BCUT2D eigenvalue weighted by atomic mass is 32.2. The number of rotatable bonds is 9. The first-order valence-electron chi connectivity index (χ1n) is 11.9. The van der Waals surface area contributed by atoms with Crippen LogP contribution in [0, 0.1) is 5.92 Å². The van der Waals surface area contributed by atoms with E-state index in [0.29, 0.717) is 6.42 Å². The number of benzene rings is 2. The summed E-state index contributed by atoms with van der Waals surface area (Å²) in [5.74, 6) is 0.407. The van der Waals surface area contributed by atoms with Crippen LogP contribution >= 0.6 is 0 Å². The minimum absolute atomic E-state index is 0. The van der Waals surface area contributed by atoms with Gasteiger partial charge in [-0.05, 0) is 59.0 Å². The Hall–Kier alpha value is -3.45. The molecular weight excluding hydrogens is 470 g/mol. The Balaban J connectivity index is 0.00000304. The first-order valence-corrected chi connectivity index (χ1v) is 13.6. The molecule has 36 heavy (non-hydrogen) atoms. The van der Waals surface area contributed by atoms with E-state index in [4.69, 9.17) is 0 Å². The maximum absolute atomic E-state index is 13.0. The van der Waals surface area contributed by atoms with Gasteiger partial charge in [-0.15, -0.1) is 0 Å². The highest BCUT2D eigenvalue weighted by Gasteiger charge is 2.43. The van der Waals surface area contributed by atoms with Gasteiger partial charge >= 0.3 is 0 Å². The van der Waals surface area contributed by atoms with Gasteiger partial charge in [-0.3, -0.25) is 9.78 Å². The zero-order chi connectivity index (χ0) is 24.4. The van der Waals surface area contributed by atoms with Crippen molar-refractivity contribution in [1.82, 2.24) is 15.0 Å². The highest BCUT2D eigenvalue weighted by Crippen LogP contribution is 2.48. The molecule has 0 aliphatic heterocycles. The number of Topliss-reactive ketones (excluding diaryl/α,β-unsaturated/α-hetero) is 1. The standard InChI is InChI=1S/C28H27N3O3S.CH4/c1-2-4-21-16-29-17-22-6-5-19(13-24(21)22)14-27(32)26-15-25(26)20-7-9-23(10-8-20)35(33,34)18-28-30-11-3-12-31-28;/h3,5-13,16-17,25-26H,2,4,14-15,18H2,1H3;1H4/t25?,26-;/m1./s1. The van der Waals surface area contributed by atoms with Crippen molar-refractivity contribution in [3.8, 4) is 0 Å². The lowest BCUT2D eigenvalue weighted by atomic mass is 9.98. The fourth-order valence-corrected chi connectivity index (χ4v) is 5.89. The molecule has 2 aromatic carbocycles. The molecule has 4 aromatic rings. The van der Waals surface area contributed by atoms with Gasteiger partial charge in [-0.25, -0.2) is 18.4 Å². The van der Waals surface area contributed by atoms with Crippen LogP contribution in [-0.4, -0.2) is 29.2 Å². The summed E-state index contributed by atoms with van der Waals surface area (Å²) in [6, 6.07) is 14.8. The summed E-state index contributed by atoms with van der Waals surface area (Å²) in [6.07, 6.45) is 10.1. The third-order valence-electron chi connectivity index (χ3n) is 6.62. The Morgan fingerprint density at radius 1 is 1.03 bits per heavy atom. The minimum atomic E-state index is -3.53. The molecule has 6 nitrogen and oxygen atoms in total. The second-order valence-electron chi connectivity index (χ2n) is 9.19. The number of carbonyl (C=O) groups is 1. The van der Waals surface area contributed by atoms with Crippen LogP contribution in [0.4, 0.5) is 0 Å². The first kappa shape index (κ1) is 25.6. The molecule has 1 aliphatic rings. The number of sulfone groups is 1. The molecule has 0 N–H and O–H groups in total. The zero-order valence-corrected chi connectivity index (χ0v) is 20.4. The quantitative estimate of drug-likeness (QED) is 0.301. The van der Waals surface area contributed by atoms with E-state index in [1.165, 1.54) is 23.3 Å². The molecule has 0 saturated heterocycles. The lowest BCUT2D eigenvalue weighted by molar-refractivity contribution is -0.119. The second kappa shape index (κ2) is 10.7. The van der Waals surface area contributed by atoms with Crippen molar-refractivity contribution in [3.05, 3.63) is 95.8 Å². The second-order valence-corrected chi connectivity index (χ2v) is 11.2. The summed E-state index contributed by atoms with van der Waals surface area (Å²) in [5, 5.41) is 2.28. The van der Waals surface area contributed by atoms with Crippen molar-refractivity contribution < 1.29 is 13.2 Å². The van der Waals surface area contributed by atoms with E-state index >= 15 is 0 Å². The van der Waals surface area contributed by atoms with Crippen LogP contribution in [0.1, 0.15) is 55.6 Å². The predicted molar refractivity (Wildman–Crippen MR) is 141 cm³/mol. The molecule has 5 rings (SSSR count). The molecule has 0 bridgehead atoms. The SMILES string of the molecule is C.CCCc1cncc2ccc(CC(=O)[C@@H]3CC3c3ccc(S(=O)(=O)Cc4ncccn4)cc3)cc12. The maximum Gasteiger partial charge on any atom is 0.185 e. The number of aromatic nitrogens is 3. The van der Waals surface area contributed by atoms with Gasteiger partial charge in [0.15, 0.2) is 9.84 Å². The van der Waals surface area contributed by atoms with Gasteiger partial charge < -0.3 is 0 Å². The molecule has 1 aliphatic carbocycles. The smallest absolute Gasteiger partial charge is 0.185 e. The van der Waals surface area contributed by atoms with Crippen LogP contribution in [0.2, 0.25) is 0 Å². The Kier molecular flexibility index (Phi) is 7.59. The summed E-state index contributed by atoms with van der Waals surface area (Å²) in [4.78, 5) is 25.6. The van der Waals surface area contributed by atoms with Crippen LogP contribution in [-0.2, 0) is 33.2 Å². The van der Waals surface area contributed by atoms with Crippen molar-refractivity contribution in [2.75, 3.05) is 0 Å². The monoisotopic (exact) mass is 501 g/mol. The Labute approximate surface area is 212 Å². The summed E-state index contributed by atoms with van der Waals surface area (Å²) in [6.45, 7) is 2.15. The molecule has 7 heteroatoms. The lowest BCUT2D eigenvalue weighted by Crippen LogP contribution is -2.08. The van der Waals surface area contributed by atoms with E-state index in [0.717, 1.165) is 35.8 Å². The van der Waals surface area contributed by atoms with Crippen molar-refractivity contribution in [2.24, 2.45) is 5.92 Å². The molecule has 1 saturated carbocycles. The molecule has 0 amide bonds. The van der Waals surface area contributed by atoms with Gasteiger partial charge in [0.25, 0.3) is 0 Å². The average molecular weight is 502 g/mol. The van der Waals surface area contributed by atoms with Crippen molar-refractivity contribution in [3.63, 3.8) is 0 Å². The van der Waals surface area contributed by atoms with Gasteiger partial charge in [-0.1, -0.05) is 51.1 Å². The molecule has 1 fully saturated rings. The van der Waals surface area contributed by atoms with Gasteiger partial charge in [-0.2, -0.15) is 0 Å². The number of nitrogens with zero attached hydrogens (tertiary/aromatic N) is 3. The Morgan fingerprint density at radius 3 is 2.50 bits per heavy atom. The summed E-state index contributed by atoms with van der Waals surface area (Å²) < 4.78 is 25.4. The van der Waals surface area contributed by atoms with Gasteiger partial charge in [0, 0.05) is 42.5 Å². The van der Waals surface area contributed by atoms with E-state index in [-0.39, 0.29) is 41.5 Å². The highest BCUT2D eigenvalue weighted by molar-refractivity contribution is 7.90. The Morgan fingerprint density at radius 2 is 1.78 bits per heavy atom. The number of aryl methyl sites for hydroxylation is 1. The molecule has 2 atom stereocenters. The van der Waals surface area contributed by atoms with Crippen LogP contribution in [0.3, 0.4) is 0 Å². The van der Waals surface area contributed by atoms with Crippen LogP contribution in [0.5, 0.6) is 0 Å². The largest absolute Gasteiger partial charge is 0.299 e. The molecule has 0 radical (unpaired) electrons. The number of carbonyl (C=O) groups excluding carboxylic acids is 1. The van der Waals surface area contributed by atoms with Crippen molar-refractivity contribution in [1.29, 1.82) is 0 Å². The lowest BCUT2D eigenvalue weighted by Gasteiger charge is -2.08. The molecule has 2 heterocycles. The summed E-state index contributed by atoms with van der Waals surface area (Å²) in [7, 11) is -3.53. The minimum Gasteiger partial charge on any atom is -0.299 e. The Bertz CT molecular complexity index is 1470. The fourth-order valence-electron chi connectivity index (χ4n) is 4.68. The molecule has 186 valence electrons. The number of fused-ring (bicyclic) bond motifs is 1. The van der Waals surface area contributed by atoms with Gasteiger partial charge in [0.1, 0.15) is 17.4 Å². The van der Waals surface area contributed by atoms with E-state index in [1.54, 1.807) is 18.2 Å². The molecule has 2 aromatic heterocycles. The number of hydrogen-bond acceptors (Lipinski definition) is 6. The third kappa shape index (κ3) is 5.51. The normalized spacial score (nSPS) is 16.9. The summed E-state index contributed by atoms with van der Waals surface area (Å²) >= 11 is 0. The fraction of sp³-hybridized carbons (Fsp3) is 0.310. The number of ketones is 1. The van der Waals surface area contributed by atoms with E-state index in [1.807, 2.05) is 36.7 Å². The molecule has 0 spiro atoms. The topological polar surface area (TPSA) is 89.9 Å². The van der Waals surface area contributed by atoms with Crippen molar-refractivity contribution >= 4 is 26.4 Å². The third-order valence-corrected chi connectivity index (χ3v) is 8.24. The van der Waals surface area contributed by atoms with Gasteiger partial charge in [0.2, 0.25) is 0 Å². The first-order chi connectivity index (χ1) is 16.9. The average Bonchev–Trinajstić information content (AvgIpc) is 3.66. The van der Waals surface area contributed by atoms with Crippen LogP contribution in [0.15, 0.2) is 78.2 Å². The van der Waals surface area contributed by atoms with Crippen LogP contribution < -0.4 is 0 Å². The zero-order valence-electron chi connectivity index (χ0n) is 19.6. The molecule has 1 unspecified atom stereocenters. The maximum atomic E-state index is 13.0. The van der Waals surface area contributed by atoms with E-state index in [2.05, 4.69) is 27.9 Å². The van der Waals surface area contributed by atoms with Gasteiger partial charge in [0.05, 0.1) is 4.90 Å². The van der Waals surface area contributed by atoms with Crippen LogP contribution in [0.25, 0.3) is 10.8 Å². The summed E-state index contributed by atoms with van der Waals surface area (Å²) in [5.41, 5.74) is 3.26. The van der Waals surface area contributed by atoms with E-state index in [9.17, 15) is 13.2 Å². The van der Waals surface area contributed by atoms with E-state index < -0.39 is 9.84 Å². The number of hydrogen-bond donors (Lipinski definition) is 0.